The molecule has 0 aliphatic heterocycles. The van der Waals surface area contributed by atoms with E-state index < -0.39 is 0 Å². The fourth-order valence-corrected chi connectivity index (χ4v) is 2.89. The number of rotatable bonds is 5. The number of hydrogen-bond donors (Lipinski definition) is 2. The monoisotopic (exact) mass is 350 g/mol. The van der Waals surface area contributed by atoms with Crippen molar-refractivity contribution in [3.63, 3.8) is 0 Å². The smallest absolute Gasteiger partial charge is 0.251 e. The molecule has 134 valence electrons. The summed E-state index contributed by atoms with van der Waals surface area (Å²) in [6.45, 7) is 3.99. The number of aryl methyl sites for hydroxylation is 2. The number of aromatic amines is 1. The Hall–Kier alpha value is -3.08. The van der Waals surface area contributed by atoms with E-state index in [9.17, 15) is 9.59 Å². The van der Waals surface area contributed by atoms with Gasteiger partial charge in [0.2, 0.25) is 5.91 Å². The molecular weight excluding hydrogens is 328 g/mol. The van der Waals surface area contributed by atoms with Crippen LogP contribution in [0.2, 0.25) is 0 Å². The first kappa shape index (κ1) is 17.7. The second kappa shape index (κ2) is 7.44. The van der Waals surface area contributed by atoms with Crippen molar-refractivity contribution in [1.29, 1.82) is 0 Å². The molecule has 0 spiro atoms. The number of pyridine rings is 1. The molecule has 0 unspecified atom stereocenters. The van der Waals surface area contributed by atoms with Gasteiger partial charge in [0, 0.05) is 28.6 Å². The Bertz CT molecular complexity index is 1020. The van der Waals surface area contributed by atoms with Crippen LogP contribution < -0.4 is 15.6 Å². The number of aromatic nitrogens is 1. The van der Waals surface area contributed by atoms with Gasteiger partial charge in [-0.05, 0) is 61.7 Å². The maximum Gasteiger partial charge on any atom is 0.251 e. The fourth-order valence-electron chi connectivity index (χ4n) is 2.89. The highest BCUT2D eigenvalue weighted by atomic mass is 16.5. The Kier molecular flexibility index (Phi) is 5.07. The van der Waals surface area contributed by atoms with Crippen LogP contribution in [-0.4, -0.2) is 18.0 Å². The highest BCUT2D eigenvalue weighted by Crippen LogP contribution is 2.20. The van der Waals surface area contributed by atoms with Crippen molar-refractivity contribution in [3.8, 4) is 5.75 Å². The van der Waals surface area contributed by atoms with Crippen LogP contribution in [0.5, 0.6) is 5.75 Å². The summed E-state index contributed by atoms with van der Waals surface area (Å²) in [6, 6.07) is 13.1. The van der Waals surface area contributed by atoms with Gasteiger partial charge in [0.15, 0.2) is 0 Å². The zero-order chi connectivity index (χ0) is 18.7. The van der Waals surface area contributed by atoms with Gasteiger partial charge in [0.1, 0.15) is 5.75 Å². The molecule has 5 nitrogen and oxygen atoms in total. The van der Waals surface area contributed by atoms with Gasteiger partial charge >= 0.3 is 0 Å². The number of benzene rings is 2. The molecule has 0 saturated heterocycles. The van der Waals surface area contributed by atoms with E-state index in [2.05, 4.69) is 10.3 Å². The van der Waals surface area contributed by atoms with Crippen LogP contribution in [0.1, 0.15) is 23.1 Å². The van der Waals surface area contributed by atoms with Gasteiger partial charge in [-0.1, -0.05) is 12.1 Å². The van der Waals surface area contributed by atoms with Gasteiger partial charge in [-0.3, -0.25) is 9.59 Å². The third-order valence-electron chi connectivity index (χ3n) is 4.63. The summed E-state index contributed by atoms with van der Waals surface area (Å²) in [6.07, 6.45) is 0.616. The van der Waals surface area contributed by atoms with Crippen molar-refractivity contribution in [2.45, 2.75) is 26.7 Å². The molecule has 2 aromatic carbocycles. The van der Waals surface area contributed by atoms with E-state index in [-0.39, 0.29) is 17.9 Å². The average molecular weight is 350 g/mol. The van der Waals surface area contributed by atoms with E-state index in [4.69, 9.17) is 4.74 Å². The predicted molar refractivity (Wildman–Crippen MR) is 104 cm³/mol. The van der Waals surface area contributed by atoms with Crippen molar-refractivity contribution >= 4 is 22.5 Å². The van der Waals surface area contributed by atoms with E-state index >= 15 is 0 Å². The molecule has 1 amide bonds. The second-order valence-electron chi connectivity index (χ2n) is 6.37. The number of methoxy groups -OCH3 is 1. The van der Waals surface area contributed by atoms with Crippen molar-refractivity contribution in [3.05, 3.63) is 69.5 Å². The summed E-state index contributed by atoms with van der Waals surface area (Å²) in [7, 11) is 1.60. The van der Waals surface area contributed by atoms with Gasteiger partial charge in [0.05, 0.1) is 7.11 Å². The van der Waals surface area contributed by atoms with Crippen molar-refractivity contribution in [2.24, 2.45) is 0 Å². The Morgan fingerprint density at radius 1 is 1.15 bits per heavy atom. The first-order chi connectivity index (χ1) is 12.5. The predicted octanol–water partition coefficient (Wildman–Crippen LogP) is 3.72. The Labute approximate surface area is 152 Å². The van der Waals surface area contributed by atoms with E-state index in [1.54, 1.807) is 13.2 Å². The minimum Gasteiger partial charge on any atom is -0.497 e. The van der Waals surface area contributed by atoms with Crippen LogP contribution in [-0.2, 0) is 11.2 Å². The summed E-state index contributed by atoms with van der Waals surface area (Å²) in [4.78, 5) is 27.4. The van der Waals surface area contributed by atoms with Gasteiger partial charge < -0.3 is 15.0 Å². The molecule has 0 radical (unpaired) electrons. The summed E-state index contributed by atoms with van der Waals surface area (Å²) in [5.74, 6) is 0.618. The topological polar surface area (TPSA) is 71.2 Å². The SMILES string of the molecule is COc1ccc2[nH]c(=O)c(CCC(=O)Nc3cccc(C)c3C)cc2c1. The molecule has 1 aromatic heterocycles. The highest BCUT2D eigenvalue weighted by molar-refractivity contribution is 5.91. The quantitative estimate of drug-likeness (QED) is 0.737. The van der Waals surface area contributed by atoms with Crippen LogP contribution in [0.25, 0.3) is 10.9 Å². The summed E-state index contributed by atoms with van der Waals surface area (Å²) >= 11 is 0. The molecule has 0 aliphatic rings. The van der Waals surface area contributed by atoms with E-state index in [0.717, 1.165) is 33.5 Å². The number of amides is 1. The molecule has 3 aromatic rings. The van der Waals surface area contributed by atoms with Gasteiger partial charge in [0.25, 0.3) is 5.56 Å². The summed E-state index contributed by atoms with van der Waals surface area (Å²) in [5, 5.41) is 3.81. The van der Waals surface area contributed by atoms with E-state index in [1.807, 2.05) is 50.2 Å². The van der Waals surface area contributed by atoms with E-state index in [0.29, 0.717) is 12.0 Å². The Morgan fingerprint density at radius 2 is 1.96 bits per heavy atom. The van der Waals surface area contributed by atoms with Crippen molar-refractivity contribution in [2.75, 3.05) is 12.4 Å². The zero-order valence-corrected chi connectivity index (χ0v) is 15.2. The van der Waals surface area contributed by atoms with Crippen molar-refractivity contribution in [1.82, 2.24) is 4.98 Å². The maximum atomic E-state index is 12.3. The van der Waals surface area contributed by atoms with Crippen LogP contribution in [0.4, 0.5) is 5.69 Å². The normalized spacial score (nSPS) is 10.7. The number of anilines is 1. The lowest BCUT2D eigenvalue weighted by atomic mass is 10.1. The van der Waals surface area contributed by atoms with Gasteiger partial charge in [-0.15, -0.1) is 0 Å². The standard InChI is InChI=1S/C21H22N2O3/c1-13-5-4-6-18(14(13)2)22-20(24)10-7-15-11-16-12-17(26-3)8-9-19(16)23-21(15)25/h4-6,8-9,11-12H,7,10H2,1-3H3,(H,22,24)(H,23,25). The minimum absolute atomic E-state index is 0.108. The number of ether oxygens (including phenoxy) is 1. The lowest BCUT2D eigenvalue weighted by molar-refractivity contribution is -0.116. The summed E-state index contributed by atoms with van der Waals surface area (Å²) < 4.78 is 5.22. The summed E-state index contributed by atoms with van der Waals surface area (Å²) in [5.41, 5.74) is 4.16. The molecule has 26 heavy (non-hydrogen) atoms. The first-order valence-corrected chi connectivity index (χ1v) is 8.54. The van der Waals surface area contributed by atoms with Crippen molar-refractivity contribution < 1.29 is 9.53 Å². The average Bonchev–Trinajstić information content (AvgIpc) is 2.63. The lowest BCUT2D eigenvalue weighted by Gasteiger charge is -2.10. The first-order valence-electron chi connectivity index (χ1n) is 8.54. The number of carbonyl (C=O) groups excluding carboxylic acids is 1. The number of fused-ring (bicyclic) bond motifs is 1. The Balaban J connectivity index is 1.74. The van der Waals surface area contributed by atoms with Crippen LogP contribution in [0.3, 0.4) is 0 Å². The van der Waals surface area contributed by atoms with Gasteiger partial charge in [-0.25, -0.2) is 0 Å². The third kappa shape index (κ3) is 3.77. The maximum absolute atomic E-state index is 12.3. The van der Waals surface area contributed by atoms with E-state index in [1.165, 1.54) is 0 Å². The molecule has 1 heterocycles. The number of carbonyl (C=O) groups is 1. The molecule has 0 bridgehead atoms. The molecule has 0 fully saturated rings. The minimum atomic E-state index is -0.165. The number of hydrogen-bond acceptors (Lipinski definition) is 3. The van der Waals surface area contributed by atoms with Crippen LogP contribution in [0.15, 0.2) is 47.3 Å². The number of H-pyrrole nitrogens is 1. The Morgan fingerprint density at radius 3 is 2.73 bits per heavy atom. The molecule has 0 saturated carbocycles. The number of nitrogens with one attached hydrogen (secondary N) is 2. The molecule has 5 heteroatoms. The molecule has 0 atom stereocenters. The highest BCUT2D eigenvalue weighted by Gasteiger charge is 2.09. The zero-order valence-electron chi connectivity index (χ0n) is 15.2. The largest absolute Gasteiger partial charge is 0.497 e. The molecule has 0 aliphatic carbocycles. The molecule has 3 rings (SSSR count). The fraction of sp³-hybridized carbons (Fsp3) is 0.238. The van der Waals surface area contributed by atoms with Crippen LogP contribution >= 0.6 is 0 Å². The molecule has 2 N–H and O–H groups in total. The molecular formula is C21H22N2O3. The van der Waals surface area contributed by atoms with Crippen LogP contribution in [0, 0.1) is 13.8 Å². The second-order valence-corrected chi connectivity index (χ2v) is 6.37. The lowest BCUT2D eigenvalue weighted by Crippen LogP contribution is -2.17. The third-order valence-corrected chi connectivity index (χ3v) is 4.63. The van der Waals surface area contributed by atoms with Gasteiger partial charge in [-0.2, -0.15) is 0 Å².